The fraction of sp³-hybridized carbons (Fsp3) is 0.286. The fourth-order valence-corrected chi connectivity index (χ4v) is 0.938. The molecule has 0 saturated carbocycles. The summed E-state index contributed by atoms with van der Waals surface area (Å²) in [6.45, 7) is 1.78. The van der Waals surface area contributed by atoms with Crippen molar-refractivity contribution in [1.82, 2.24) is 0 Å². The Hall–Kier alpha value is -0.560. The summed E-state index contributed by atoms with van der Waals surface area (Å²) in [7, 11) is 0. The van der Waals surface area contributed by atoms with E-state index in [1.54, 1.807) is 19.1 Å². The van der Waals surface area contributed by atoms with E-state index in [1.165, 1.54) is 0 Å². The molecule has 1 aliphatic rings. The Morgan fingerprint density at radius 1 is 1.67 bits per heavy atom. The maximum Gasteiger partial charge on any atom is 0.162 e. The summed E-state index contributed by atoms with van der Waals surface area (Å²) in [5.41, 5.74) is 0.752. The lowest BCUT2D eigenvalue weighted by Gasteiger charge is -2.02. The number of allylic oxidation sites excluding steroid dienone is 4. The molecule has 0 N–H and O–H groups in total. The Morgan fingerprint density at radius 3 is 2.78 bits per heavy atom. The summed E-state index contributed by atoms with van der Waals surface area (Å²) in [6, 6.07) is 0. The van der Waals surface area contributed by atoms with E-state index in [0.717, 1.165) is 5.57 Å². The minimum absolute atomic E-state index is 0.166. The molecule has 0 aromatic rings. The van der Waals surface area contributed by atoms with Crippen LogP contribution in [0.3, 0.4) is 0 Å². The van der Waals surface area contributed by atoms with Crippen LogP contribution >= 0.6 is 11.6 Å². The lowest BCUT2D eigenvalue weighted by Crippen LogP contribution is -2.00. The first-order valence-electron chi connectivity index (χ1n) is 2.77. The van der Waals surface area contributed by atoms with Gasteiger partial charge in [-0.3, -0.25) is 4.79 Å². The van der Waals surface area contributed by atoms with Crippen LogP contribution in [-0.2, 0) is 4.79 Å². The molecule has 1 nitrogen and oxygen atoms in total. The van der Waals surface area contributed by atoms with Crippen molar-refractivity contribution in [3.05, 3.63) is 22.8 Å². The van der Waals surface area contributed by atoms with Crippen molar-refractivity contribution in [2.45, 2.75) is 13.3 Å². The monoisotopic (exact) mass is 142 g/mol. The maximum absolute atomic E-state index is 10.8. The Morgan fingerprint density at radius 2 is 2.33 bits per heavy atom. The highest BCUT2D eigenvalue weighted by Crippen LogP contribution is 2.15. The van der Waals surface area contributed by atoms with E-state index >= 15 is 0 Å². The molecule has 1 aliphatic carbocycles. The Bertz CT molecular complexity index is 201. The van der Waals surface area contributed by atoms with E-state index in [1.807, 2.05) is 0 Å². The van der Waals surface area contributed by atoms with Crippen molar-refractivity contribution in [3.8, 4) is 0 Å². The van der Waals surface area contributed by atoms with Crippen molar-refractivity contribution in [1.29, 1.82) is 0 Å². The molecule has 0 aromatic heterocycles. The third kappa shape index (κ3) is 1.42. The fourth-order valence-electron chi connectivity index (χ4n) is 0.697. The molecule has 0 radical (unpaired) electrons. The van der Waals surface area contributed by atoms with E-state index in [2.05, 4.69) is 0 Å². The number of hydrogen-bond donors (Lipinski definition) is 0. The first kappa shape index (κ1) is 6.56. The van der Waals surface area contributed by atoms with Crippen molar-refractivity contribution in [3.63, 3.8) is 0 Å². The third-order valence-corrected chi connectivity index (χ3v) is 1.54. The van der Waals surface area contributed by atoms with Gasteiger partial charge in [0.1, 0.15) is 0 Å². The minimum Gasteiger partial charge on any atom is -0.294 e. The molecule has 0 aliphatic heterocycles. The molecule has 0 atom stereocenters. The summed E-state index contributed by atoms with van der Waals surface area (Å²) in [4.78, 5) is 10.8. The molecule has 0 heterocycles. The van der Waals surface area contributed by atoms with Crippen molar-refractivity contribution in [2.24, 2.45) is 0 Å². The second-order valence-electron chi connectivity index (χ2n) is 2.04. The van der Waals surface area contributed by atoms with Crippen LogP contribution in [-0.4, -0.2) is 5.78 Å². The molecule has 1 rings (SSSR count). The first-order valence-corrected chi connectivity index (χ1v) is 3.15. The number of halogens is 1. The lowest BCUT2D eigenvalue weighted by molar-refractivity contribution is -0.114. The summed E-state index contributed by atoms with van der Waals surface area (Å²) >= 11 is 5.61. The molecule has 0 bridgehead atoms. The van der Waals surface area contributed by atoms with Crippen LogP contribution in [0.4, 0.5) is 0 Å². The van der Waals surface area contributed by atoms with Gasteiger partial charge in [-0.1, -0.05) is 17.7 Å². The van der Waals surface area contributed by atoms with Gasteiger partial charge in [-0.15, -0.1) is 0 Å². The van der Waals surface area contributed by atoms with Crippen LogP contribution in [0.15, 0.2) is 22.8 Å². The van der Waals surface area contributed by atoms with Crippen LogP contribution in [0.25, 0.3) is 0 Å². The average Bonchev–Trinajstić information content (AvgIpc) is 1.80. The van der Waals surface area contributed by atoms with Gasteiger partial charge in [0, 0.05) is 11.5 Å². The maximum atomic E-state index is 10.8. The predicted molar refractivity (Wildman–Crippen MR) is 37.3 cm³/mol. The van der Waals surface area contributed by atoms with Gasteiger partial charge in [-0.2, -0.15) is 0 Å². The number of carbonyl (C=O) groups excluding carboxylic acids is 1. The second kappa shape index (κ2) is 2.36. The number of hydrogen-bond acceptors (Lipinski definition) is 1. The van der Waals surface area contributed by atoms with Crippen LogP contribution < -0.4 is 0 Å². The molecular formula is C7H7ClO. The zero-order valence-corrected chi connectivity index (χ0v) is 5.90. The normalized spacial score (nSPS) is 19.1. The number of ketones is 1. The van der Waals surface area contributed by atoms with Crippen LogP contribution in [0.5, 0.6) is 0 Å². The lowest BCUT2D eigenvalue weighted by atomic mass is 10.1. The topological polar surface area (TPSA) is 17.1 Å². The predicted octanol–water partition coefficient (Wildman–Crippen LogP) is 2.03. The molecule has 0 aromatic carbocycles. The van der Waals surface area contributed by atoms with Gasteiger partial charge >= 0.3 is 0 Å². The summed E-state index contributed by atoms with van der Waals surface area (Å²) < 4.78 is 0. The quantitative estimate of drug-likeness (QED) is 0.506. The summed E-state index contributed by atoms with van der Waals surface area (Å²) in [5, 5.41) is 0.673. The van der Waals surface area contributed by atoms with Crippen LogP contribution in [0.1, 0.15) is 13.3 Å². The zero-order chi connectivity index (χ0) is 6.85. The Kier molecular flexibility index (Phi) is 1.72. The van der Waals surface area contributed by atoms with Gasteiger partial charge in [-0.25, -0.2) is 0 Å². The smallest absolute Gasteiger partial charge is 0.162 e. The van der Waals surface area contributed by atoms with Crippen LogP contribution in [0, 0.1) is 0 Å². The van der Waals surface area contributed by atoms with Gasteiger partial charge < -0.3 is 0 Å². The third-order valence-electron chi connectivity index (χ3n) is 1.28. The SMILES string of the molecule is CC1=CC(Cl)=CCC1=O. The highest BCUT2D eigenvalue weighted by molar-refractivity contribution is 6.32. The largest absolute Gasteiger partial charge is 0.294 e. The standard InChI is InChI=1S/C7H7ClO/c1-5-4-6(8)2-3-7(5)9/h2,4H,3H2,1H3. The van der Waals surface area contributed by atoms with Crippen molar-refractivity contribution < 1.29 is 4.79 Å². The molecule has 2 heteroatoms. The molecule has 0 unspecified atom stereocenters. The number of carbonyl (C=O) groups is 1. The van der Waals surface area contributed by atoms with Crippen molar-refractivity contribution >= 4 is 17.4 Å². The highest BCUT2D eigenvalue weighted by Gasteiger charge is 2.07. The van der Waals surface area contributed by atoms with E-state index in [4.69, 9.17) is 11.6 Å². The van der Waals surface area contributed by atoms with Crippen LogP contribution in [0.2, 0.25) is 0 Å². The minimum atomic E-state index is 0.166. The van der Waals surface area contributed by atoms with Gasteiger partial charge in [0.25, 0.3) is 0 Å². The van der Waals surface area contributed by atoms with E-state index in [9.17, 15) is 4.79 Å². The average molecular weight is 143 g/mol. The molecule has 0 spiro atoms. The second-order valence-corrected chi connectivity index (χ2v) is 2.48. The van der Waals surface area contributed by atoms with Gasteiger partial charge in [0.15, 0.2) is 5.78 Å². The molecule has 9 heavy (non-hydrogen) atoms. The molecule has 0 amide bonds. The van der Waals surface area contributed by atoms with Crippen molar-refractivity contribution in [2.75, 3.05) is 0 Å². The number of rotatable bonds is 0. The van der Waals surface area contributed by atoms with E-state index < -0.39 is 0 Å². The zero-order valence-electron chi connectivity index (χ0n) is 5.15. The molecule has 0 fully saturated rings. The Labute approximate surface area is 59.0 Å². The van der Waals surface area contributed by atoms with E-state index in [-0.39, 0.29) is 5.78 Å². The first-order chi connectivity index (χ1) is 4.20. The highest BCUT2D eigenvalue weighted by atomic mass is 35.5. The molecule has 0 saturated heterocycles. The summed E-state index contributed by atoms with van der Waals surface area (Å²) in [5.74, 6) is 0.166. The molecular weight excluding hydrogens is 136 g/mol. The van der Waals surface area contributed by atoms with Gasteiger partial charge in [-0.05, 0) is 18.6 Å². The molecule has 48 valence electrons. The van der Waals surface area contributed by atoms with E-state index in [0.29, 0.717) is 11.5 Å². The van der Waals surface area contributed by atoms with Gasteiger partial charge in [0.2, 0.25) is 0 Å². The Balaban J connectivity index is 2.87. The number of Topliss-reactive ketones (excluding diaryl/α,β-unsaturated/α-hetero) is 1. The summed E-state index contributed by atoms with van der Waals surface area (Å²) in [6.07, 6.45) is 3.87. The van der Waals surface area contributed by atoms with Gasteiger partial charge in [0.05, 0.1) is 0 Å².